The highest BCUT2D eigenvalue weighted by molar-refractivity contribution is 7.09. The third-order valence-electron chi connectivity index (χ3n) is 2.50. The number of aryl methyl sites for hydroxylation is 1. The Morgan fingerprint density at radius 2 is 2.22 bits per heavy atom. The molecule has 0 amide bonds. The number of benzene rings is 1. The van der Waals surface area contributed by atoms with Gasteiger partial charge in [0.25, 0.3) is 0 Å². The zero-order valence-corrected chi connectivity index (χ0v) is 11.1. The van der Waals surface area contributed by atoms with Crippen LogP contribution >= 0.6 is 11.3 Å². The molecule has 0 aliphatic heterocycles. The second-order valence-corrected chi connectivity index (χ2v) is 5.07. The highest BCUT2D eigenvalue weighted by Crippen LogP contribution is 2.17. The Labute approximate surface area is 110 Å². The van der Waals surface area contributed by atoms with Crippen molar-refractivity contribution in [2.24, 2.45) is 0 Å². The van der Waals surface area contributed by atoms with Gasteiger partial charge >= 0.3 is 0 Å². The number of hydrogen-bond acceptors (Lipinski definition) is 3. The average Bonchev–Trinajstić information content (AvgIpc) is 2.86. The van der Waals surface area contributed by atoms with Crippen molar-refractivity contribution in [2.75, 3.05) is 13.2 Å². The zero-order chi connectivity index (χ0) is 12.8. The highest BCUT2D eigenvalue weighted by Gasteiger charge is 2.02. The van der Waals surface area contributed by atoms with E-state index in [0.717, 1.165) is 12.1 Å². The lowest BCUT2D eigenvalue weighted by Crippen LogP contribution is -2.20. The Hall–Kier alpha value is -1.39. The van der Waals surface area contributed by atoms with Gasteiger partial charge in [-0.25, -0.2) is 4.39 Å². The van der Waals surface area contributed by atoms with Crippen LogP contribution in [0.15, 0.2) is 35.7 Å². The lowest BCUT2D eigenvalue weighted by Gasteiger charge is -2.08. The number of halogens is 1. The van der Waals surface area contributed by atoms with Crippen molar-refractivity contribution in [3.05, 3.63) is 52.0 Å². The van der Waals surface area contributed by atoms with E-state index in [0.29, 0.717) is 18.9 Å². The maximum absolute atomic E-state index is 13.4. The van der Waals surface area contributed by atoms with Crippen LogP contribution < -0.4 is 10.1 Å². The monoisotopic (exact) mass is 265 g/mol. The van der Waals surface area contributed by atoms with E-state index in [9.17, 15) is 4.39 Å². The van der Waals surface area contributed by atoms with Gasteiger partial charge in [-0.2, -0.15) is 0 Å². The fourth-order valence-electron chi connectivity index (χ4n) is 1.58. The van der Waals surface area contributed by atoms with Crippen LogP contribution in [0.4, 0.5) is 4.39 Å². The zero-order valence-electron chi connectivity index (χ0n) is 10.3. The molecule has 1 aromatic carbocycles. The molecule has 2 nitrogen and oxygen atoms in total. The molecule has 0 atom stereocenters. The van der Waals surface area contributed by atoms with Crippen LogP contribution in [0, 0.1) is 12.7 Å². The standard InChI is InChI=1S/C14H16FNOS/c1-11-4-5-13(15)14(9-11)17-7-6-16-10-12-3-2-8-18-12/h2-5,8-9,16H,6-7,10H2,1H3. The van der Waals surface area contributed by atoms with Crippen molar-refractivity contribution in [3.63, 3.8) is 0 Å². The molecule has 4 heteroatoms. The molecule has 18 heavy (non-hydrogen) atoms. The molecular weight excluding hydrogens is 249 g/mol. The van der Waals surface area contributed by atoms with Crippen molar-refractivity contribution in [1.82, 2.24) is 5.32 Å². The Morgan fingerprint density at radius 1 is 1.33 bits per heavy atom. The van der Waals surface area contributed by atoms with E-state index >= 15 is 0 Å². The van der Waals surface area contributed by atoms with E-state index in [1.54, 1.807) is 23.5 Å². The van der Waals surface area contributed by atoms with Crippen LogP contribution in [0.5, 0.6) is 5.75 Å². The predicted octanol–water partition coefficient (Wildman–Crippen LogP) is 3.36. The number of hydrogen-bond donors (Lipinski definition) is 1. The average molecular weight is 265 g/mol. The summed E-state index contributed by atoms with van der Waals surface area (Å²) in [5.41, 5.74) is 0.998. The molecule has 1 aromatic heterocycles. The normalized spacial score (nSPS) is 10.6. The molecule has 2 aromatic rings. The van der Waals surface area contributed by atoms with Crippen LogP contribution in [0.25, 0.3) is 0 Å². The van der Waals surface area contributed by atoms with Gasteiger partial charge < -0.3 is 10.1 Å². The van der Waals surface area contributed by atoms with Gasteiger partial charge in [-0.05, 0) is 36.1 Å². The van der Waals surface area contributed by atoms with Gasteiger partial charge in [0, 0.05) is 18.0 Å². The number of ether oxygens (including phenoxy) is 1. The summed E-state index contributed by atoms with van der Waals surface area (Å²) in [5.74, 6) is 0.0202. The van der Waals surface area contributed by atoms with Crippen LogP contribution in [0.1, 0.15) is 10.4 Å². The molecule has 0 saturated carbocycles. The molecule has 0 unspecified atom stereocenters. The van der Waals surface area contributed by atoms with Crippen molar-refractivity contribution < 1.29 is 9.13 Å². The minimum Gasteiger partial charge on any atom is -0.489 e. The van der Waals surface area contributed by atoms with E-state index in [4.69, 9.17) is 4.74 Å². The Bertz CT molecular complexity index is 485. The Kier molecular flexibility index (Phi) is 4.73. The molecule has 0 spiro atoms. The third-order valence-corrected chi connectivity index (χ3v) is 3.38. The van der Waals surface area contributed by atoms with Crippen LogP contribution in [0.3, 0.4) is 0 Å². The number of rotatable bonds is 6. The fraction of sp³-hybridized carbons (Fsp3) is 0.286. The van der Waals surface area contributed by atoms with Crippen LogP contribution in [-0.2, 0) is 6.54 Å². The first-order valence-electron chi connectivity index (χ1n) is 5.88. The first kappa shape index (κ1) is 13.1. The van der Waals surface area contributed by atoms with E-state index in [1.807, 2.05) is 13.0 Å². The van der Waals surface area contributed by atoms with Gasteiger partial charge in [0.1, 0.15) is 6.61 Å². The van der Waals surface area contributed by atoms with Gasteiger partial charge in [0.15, 0.2) is 11.6 Å². The quantitative estimate of drug-likeness (QED) is 0.809. The smallest absolute Gasteiger partial charge is 0.165 e. The van der Waals surface area contributed by atoms with Gasteiger partial charge in [-0.3, -0.25) is 0 Å². The van der Waals surface area contributed by atoms with Gasteiger partial charge in [0.2, 0.25) is 0 Å². The highest BCUT2D eigenvalue weighted by atomic mass is 32.1. The maximum atomic E-state index is 13.4. The topological polar surface area (TPSA) is 21.3 Å². The molecule has 1 N–H and O–H groups in total. The second-order valence-electron chi connectivity index (χ2n) is 4.04. The second kappa shape index (κ2) is 6.52. The van der Waals surface area contributed by atoms with E-state index in [1.165, 1.54) is 10.9 Å². The predicted molar refractivity (Wildman–Crippen MR) is 72.7 cm³/mol. The van der Waals surface area contributed by atoms with Crippen molar-refractivity contribution in [1.29, 1.82) is 0 Å². The first-order valence-corrected chi connectivity index (χ1v) is 6.76. The van der Waals surface area contributed by atoms with E-state index < -0.39 is 0 Å². The van der Waals surface area contributed by atoms with Gasteiger partial charge in [-0.1, -0.05) is 12.1 Å². The van der Waals surface area contributed by atoms with Gasteiger partial charge in [0.05, 0.1) is 0 Å². The fourth-order valence-corrected chi connectivity index (χ4v) is 2.25. The largest absolute Gasteiger partial charge is 0.489 e. The Morgan fingerprint density at radius 3 is 3.00 bits per heavy atom. The lowest BCUT2D eigenvalue weighted by atomic mass is 10.2. The van der Waals surface area contributed by atoms with Crippen LogP contribution in [-0.4, -0.2) is 13.2 Å². The molecule has 1 heterocycles. The molecular formula is C14H16FNOS. The third kappa shape index (κ3) is 3.82. The molecule has 2 rings (SSSR count). The maximum Gasteiger partial charge on any atom is 0.165 e. The summed E-state index contributed by atoms with van der Waals surface area (Å²) in [7, 11) is 0. The summed E-state index contributed by atoms with van der Waals surface area (Å²) in [6.45, 7) is 3.91. The molecule has 0 radical (unpaired) electrons. The summed E-state index contributed by atoms with van der Waals surface area (Å²) < 4.78 is 18.8. The number of nitrogens with one attached hydrogen (secondary N) is 1. The van der Waals surface area contributed by atoms with Crippen molar-refractivity contribution in [3.8, 4) is 5.75 Å². The van der Waals surface area contributed by atoms with Crippen LogP contribution in [0.2, 0.25) is 0 Å². The minimum atomic E-state index is -0.307. The summed E-state index contributed by atoms with van der Waals surface area (Å²) >= 11 is 1.72. The lowest BCUT2D eigenvalue weighted by molar-refractivity contribution is 0.298. The first-order chi connectivity index (χ1) is 8.75. The Balaban J connectivity index is 1.70. The van der Waals surface area contributed by atoms with Crippen molar-refractivity contribution in [2.45, 2.75) is 13.5 Å². The molecule has 0 saturated heterocycles. The SMILES string of the molecule is Cc1ccc(F)c(OCCNCc2cccs2)c1. The summed E-state index contributed by atoms with van der Waals surface area (Å²) in [6, 6.07) is 8.99. The summed E-state index contributed by atoms with van der Waals surface area (Å²) in [4.78, 5) is 1.29. The molecule has 0 fully saturated rings. The van der Waals surface area contributed by atoms with Crippen molar-refractivity contribution >= 4 is 11.3 Å². The minimum absolute atomic E-state index is 0.307. The summed E-state index contributed by atoms with van der Waals surface area (Å²) in [5, 5.41) is 5.31. The molecule has 96 valence electrons. The molecule has 0 bridgehead atoms. The van der Waals surface area contributed by atoms with Gasteiger partial charge in [-0.15, -0.1) is 11.3 Å². The van der Waals surface area contributed by atoms with E-state index in [-0.39, 0.29) is 5.82 Å². The van der Waals surface area contributed by atoms with E-state index in [2.05, 4.69) is 16.8 Å². The number of thiophene rings is 1. The molecule has 0 aliphatic rings. The summed E-state index contributed by atoms with van der Waals surface area (Å²) in [6.07, 6.45) is 0. The molecule has 0 aliphatic carbocycles.